The van der Waals surface area contributed by atoms with Gasteiger partial charge in [0.25, 0.3) is 0 Å². The van der Waals surface area contributed by atoms with Crippen LogP contribution in [0.1, 0.15) is 10.7 Å². The van der Waals surface area contributed by atoms with E-state index in [-0.39, 0.29) is 5.91 Å². The quantitative estimate of drug-likeness (QED) is 0.816. The average Bonchev–Trinajstić information content (AvgIpc) is 2.87. The van der Waals surface area contributed by atoms with E-state index >= 15 is 0 Å². The van der Waals surface area contributed by atoms with Crippen molar-refractivity contribution in [1.29, 1.82) is 0 Å². The van der Waals surface area contributed by atoms with Crippen molar-refractivity contribution in [2.45, 2.75) is 18.3 Å². The van der Waals surface area contributed by atoms with Gasteiger partial charge in [0.05, 0.1) is 18.0 Å². The zero-order chi connectivity index (χ0) is 14.5. The standard InChI is InChI=1S/C13H21ClN4OS/c1-17-3-4-18(2)11(8-17)7-15-12(19)5-13-16-10(6-14)9-20-13/h9,11H,3-8H2,1-2H3,(H,15,19). The number of halogens is 1. The van der Waals surface area contributed by atoms with Crippen LogP contribution in [0.5, 0.6) is 0 Å². The minimum atomic E-state index is 0.0297. The summed E-state index contributed by atoms with van der Waals surface area (Å²) in [5, 5.41) is 5.73. The van der Waals surface area contributed by atoms with Crippen molar-refractivity contribution in [3.05, 3.63) is 16.1 Å². The van der Waals surface area contributed by atoms with Gasteiger partial charge < -0.3 is 10.2 Å². The lowest BCUT2D eigenvalue weighted by molar-refractivity contribution is -0.120. The highest BCUT2D eigenvalue weighted by atomic mass is 35.5. The Labute approximate surface area is 128 Å². The third-order valence-electron chi connectivity index (χ3n) is 3.56. The lowest BCUT2D eigenvalue weighted by Crippen LogP contribution is -2.54. The number of amides is 1. The summed E-state index contributed by atoms with van der Waals surface area (Å²) in [6, 6.07) is 0.382. The molecule has 0 radical (unpaired) electrons. The number of alkyl halides is 1. The molecule has 1 amide bonds. The first-order chi connectivity index (χ1) is 9.58. The van der Waals surface area contributed by atoms with Gasteiger partial charge in [-0.1, -0.05) is 0 Å². The van der Waals surface area contributed by atoms with Gasteiger partial charge >= 0.3 is 0 Å². The number of nitrogens with zero attached hydrogens (tertiary/aromatic N) is 3. The number of likely N-dealkylation sites (N-methyl/N-ethyl adjacent to an activating group) is 2. The van der Waals surface area contributed by atoms with Crippen LogP contribution in [0.4, 0.5) is 0 Å². The fourth-order valence-electron chi connectivity index (χ4n) is 2.24. The summed E-state index contributed by atoms with van der Waals surface area (Å²) < 4.78 is 0. The molecule has 0 aliphatic carbocycles. The molecule has 1 aromatic rings. The molecule has 0 spiro atoms. The zero-order valence-electron chi connectivity index (χ0n) is 11.9. The Morgan fingerprint density at radius 2 is 2.35 bits per heavy atom. The van der Waals surface area contributed by atoms with E-state index in [1.165, 1.54) is 11.3 Å². The molecule has 1 aromatic heterocycles. The fraction of sp³-hybridized carbons (Fsp3) is 0.692. The Kier molecular flexibility index (Phi) is 5.77. The minimum Gasteiger partial charge on any atom is -0.354 e. The molecule has 112 valence electrons. The molecule has 0 bridgehead atoms. The first-order valence-corrected chi connectivity index (χ1v) is 8.14. The summed E-state index contributed by atoms with van der Waals surface area (Å²) in [6.45, 7) is 3.81. The van der Waals surface area contributed by atoms with Crippen LogP contribution in [-0.4, -0.2) is 67.0 Å². The first-order valence-electron chi connectivity index (χ1n) is 6.73. The van der Waals surface area contributed by atoms with Crippen LogP contribution in [-0.2, 0) is 17.1 Å². The number of hydrogen-bond donors (Lipinski definition) is 1. The molecule has 0 saturated carbocycles. The number of carbonyl (C=O) groups is 1. The molecule has 2 heterocycles. The number of nitrogens with one attached hydrogen (secondary N) is 1. The van der Waals surface area contributed by atoms with Crippen LogP contribution in [0.2, 0.25) is 0 Å². The Morgan fingerprint density at radius 3 is 3.05 bits per heavy atom. The SMILES string of the molecule is CN1CCN(C)C(CNC(=O)Cc2nc(CCl)cs2)C1. The molecule has 20 heavy (non-hydrogen) atoms. The number of thiazole rings is 1. The van der Waals surface area contributed by atoms with Crippen molar-refractivity contribution in [2.24, 2.45) is 0 Å². The smallest absolute Gasteiger partial charge is 0.226 e. The molecular formula is C13H21ClN4OS. The van der Waals surface area contributed by atoms with Gasteiger partial charge in [0, 0.05) is 37.6 Å². The van der Waals surface area contributed by atoms with Crippen molar-refractivity contribution in [1.82, 2.24) is 20.1 Å². The summed E-state index contributed by atoms with van der Waals surface area (Å²) in [5.74, 6) is 0.430. The molecule has 5 nitrogen and oxygen atoms in total. The van der Waals surface area contributed by atoms with Gasteiger partial charge in [-0.25, -0.2) is 4.98 Å². The molecule has 2 rings (SSSR count). The van der Waals surface area contributed by atoms with Crippen molar-refractivity contribution in [2.75, 3.05) is 40.3 Å². The fourth-order valence-corrected chi connectivity index (χ4v) is 3.27. The number of carbonyl (C=O) groups excluding carboxylic acids is 1. The molecule has 1 unspecified atom stereocenters. The highest BCUT2D eigenvalue weighted by molar-refractivity contribution is 7.09. The Bertz CT molecular complexity index is 453. The van der Waals surface area contributed by atoms with Crippen LogP contribution in [0.3, 0.4) is 0 Å². The summed E-state index contributed by atoms with van der Waals surface area (Å²) in [7, 11) is 4.22. The monoisotopic (exact) mass is 316 g/mol. The number of piperazine rings is 1. The van der Waals surface area contributed by atoms with E-state index in [1.807, 2.05) is 5.38 Å². The zero-order valence-corrected chi connectivity index (χ0v) is 13.5. The molecular weight excluding hydrogens is 296 g/mol. The molecule has 1 saturated heterocycles. The Morgan fingerprint density at radius 1 is 1.55 bits per heavy atom. The van der Waals surface area contributed by atoms with Crippen LogP contribution in [0.15, 0.2) is 5.38 Å². The lowest BCUT2D eigenvalue weighted by atomic mass is 10.2. The molecule has 1 N–H and O–H groups in total. The van der Waals surface area contributed by atoms with Gasteiger partial charge in [-0.05, 0) is 14.1 Å². The van der Waals surface area contributed by atoms with Gasteiger partial charge in [-0.3, -0.25) is 9.69 Å². The van der Waals surface area contributed by atoms with Gasteiger partial charge in [-0.15, -0.1) is 22.9 Å². The van der Waals surface area contributed by atoms with E-state index in [4.69, 9.17) is 11.6 Å². The molecule has 7 heteroatoms. The van der Waals surface area contributed by atoms with E-state index in [1.54, 1.807) is 0 Å². The van der Waals surface area contributed by atoms with Crippen molar-refractivity contribution < 1.29 is 4.79 Å². The van der Waals surface area contributed by atoms with Gasteiger partial charge in [0.2, 0.25) is 5.91 Å². The predicted molar refractivity (Wildman–Crippen MR) is 82.3 cm³/mol. The summed E-state index contributed by atoms with van der Waals surface area (Å²) in [6.07, 6.45) is 0.341. The summed E-state index contributed by atoms with van der Waals surface area (Å²) in [5.41, 5.74) is 0.841. The second kappa shape index (κ2) is 7.36. The van der Waals surface area contributed by atoms with Gasteiger partial charge in [0.1, 0.15) is 5.01 Å². The average molecular weight is 317 g/mol. The molecule has 0 aromatic carbocycles. The molecule has 1 aliphatic rings. The first kappa shape index (κ1) is 15.7. The summed E-state index contributed by atoms with van der Waals surface area (Å²) in [4.78, 5) is 20.8. The predicted octanol–water partition coefficient (Wildman–Crippen LogP) is 0.786. The van der Waals surface area contributed by atoms with Crippen molar-refractivity contribution in [3.8, 4) is 0 Å². The largest absolute Gasteiger partial charge is 0.354 e. The van der Waals surface area contributed by atoms with Gasteiger partial charge in [-0.2, -0.15) is 0 Å². The van der Waals surface area contributed by atoms with E-state index in [0.29, 0.717) is 24.9 Å². The number of rotatable bonds is 5. The maximum absolute atomic E-state index is 11.9. The van der Waals surface area contributed by atoms with Crippen LogP contribution in [0.25, 0.3) is 0 Å². The third-order valence-corrected chi connectivity index (χ3v) is 4.73. The maximum Gasteiger partial charge on any atom is 0.226 e. The Hall–Kier alpha value is -0.690. The minimum absolute atomic E-state index is 0.0297. The van der Waals surface area contributed by atoms with Crippen LogP contribution >= 0.6 is 22.9 Å². The number of hydrogen-bond acceptors (Lipinski definition) is 5. The van der Waals surface area contributed by atoms with Crippen LogP contribution < -0.4 is 5.32 Å². The van der Waals surface area contributed by atoms with Crippen molar-refractivity contribution in [3.63, 3.8) is 0 Å². The van der Waals surface area contributed by atoms with E-state index in [0.717, 1.165) is 30.3 Å². The molecule has 1 fully saturated rings. The highest BCUT2D eigenvalue weighted by Gasteiger charge is 2.22. The molecule has 1 atom stereocenters. The number of aromatic nitrogens is 1. The van der Waals surface area contributed by atoms with E-state index in [9.17, 15) is 4.79 Å². The maximum atomic E-state index is 11.9. The Balaban J connectivity index is 1.76. The van der Waals surface area contributed by atoms with E-state index in [2.05, 4.69) is 34.2 Å². The second-order valence-corrected chi connectivity index (χ2v) is 6.45. The second-order valence-electron chi connectivity index (χ2n) is 5.24. The normalized spacial score (nSPS) is 21.1. The van der Waals surface area contributed by atoms with Gasteiger partial charge in [0.15, 0.2) is 0 Å². The van der Waals surface area contributed by atoms with Crippen LogP contribution in [0, 0.1) is 0 Å². The van der Waals surface area contributed by atoms with Crippen molar-refractivity contribution >= 4 is 28.8 Å². The lowest BCUT2D eigenvalue weighted by Gasteiger charge is -2.37. The van der Waals surface area contributed by atoms with E-state index < -0.39 is 0 Å². The third kappa shape index (κ3) is 4.41. The highest BCUT2D eigenvalue weighted by Crippen LogP contribution is 2.12. The summed E-state index contributed by atoms with van der Waals surface area (Å²) >= 11 is 7.19. The molecule has 1 aliphatic heterocycles. The topological polar surface area (TPSA) is 48.5 Å².